The molecule has 0 saturated heterocycles. The molecule has 0 amide bonds. The summed E-state index contributed by atoms with van der Waals surface area (Å²) in [6.07, 6.45) is 4.65. The molecule has 16 heavy (non-hydrogen) atoms. The Hall–Kier alpha value is -1.79. The molecule has 0 bridgehead atoms. The van der Waals surface area contributed by atoms with Gasteiger partial charge in [-0.25, -0.2) is 13.6 Å². The lowest BCUT2D eigenvalue weighted by Crippen LogP contribution is -2.11. The second-order valence-corrected chi connectivity index (χ2v) is 4.72. The van der Waals surface area contributed by atoms with Crippen molar-refractivity contribution in [2.24, 2.45) is 5.14 Å². The Morgan fingerprint density at radius 1 is 1.19 bits per heavy atom. The summed E-state index contributed by atoms with van der Waals surface area (Å²) in [7, 11) is -3.68. The smallest absolute Gasteiger partial charge is 0.238 e. The number of primary sulfonamides is 1. The lowest BCUT2D eigenvalue weighted by molar-refractivity contribution is 0.598. The van der Waals surface area contributed by atoms with E-state index in [0.29, 0.717) is 11.3 Å². The van der Waals surface area contributed by atoms with E-state index in [0.717, 1.165) is 0 Å². The molecule has 0 spiro atoms. The summed E-state index contributed by atoms with van der Waals surface area (Å²) < 4.78 is 22.3. The highest BCUT2D eigenvalue weighted by molar-refractivity contribution is 7.89. The van der Waals surface area contributed by atoms with Gasteiger partial charge in [0.25, 0.3) is 0 Å². The fourth-order valence-corrected chi connectivity index (χ4v) is 1.84. The van der Waals surface area contributed by atoms with Gasteiger partial charge in [0.05, 0.1) is 16.8 Å². The molecule has 0 radical (unpaired) electrons. The Kier molecular flexibility index (Phi) is 2.67. The van der Waals surface area contributed by atoms with Crippen molar-refractivity contribution < 1.29 is 8.42 Å². The monoisotopic (exact) mass is 235 g/mol. The number of nitrogens with two attached hydrogens (primary N) is 1. The van der Waals surface area contributed by atoms with Crippen LogP contribution in [-0.4, -0.2) is 18.4 Å². The molecule has 0 aliphatic carbocycles. The lowest BCUT2D eigenvalue weighted by Gasteiger charge is -2.02. The number of sulfonamides is 1. The zero-order valence-electron chi connectivity index (χ0n) is 8.24. The quantitative estimate of drug-likeness (QED) is 0.833. The van der Waals surface area contributed by atoms with E-state index < -0.39 is 10.0 Å². The fourth-order valence-electron chi connectivity index (χ4n) is 1.28. The van der Waals surface area contributed by atoms with Gasteiger partial charge < -0.3 is 0 Å². The number of nitrogens with zero attached hydrogens (tertiary/aromatic N) is 2. The minimum Gasteiger partial charge on any atom is -0.261 e. The molecule has 82 valence electrons. The van der Waals surface area contributed by atoms with E-state index in [2.05, 4.69) is 9.97 Å². The first-order valence-corrected chi connectivity index (χ1v) is 6.01. The van der Waals surface area contributed by atoms with Gasteiger partial charge in [-0.15, -0.1) is 0 Å². The molecule has 5 nitrogen and oxygen atoms in total. The normalized spacial score (nSPS) is 11.3. The van der Waals surface area contributed by atoms with Crippen LogP contribution >= 0.6 is 0 Å². The highest BCUT2D eigenvalue weighted by atomic mass is 32.2. The zero-order chi connectivity index (χ0) is 11.6. The van der Waals surface area contributed by atoms with Crippen molar-refractivity contribution >= 4 is 10.0 Å². The topological polar surface area (TPSA) is 85.9 Å². The molecule has 2 rings (SSSR count). The van der Waals surface area contributed by atoms with Crippen LogP contribution in [-0.2, 0) is 10.0 Å². The highest BCUT2D eigenvalue weighted by Gasteiger charge is 2.08. The first kappa shape index (κ1) is 10.7. The second-order valence-electron chi connectivity index (χ2n) is 3.16. The molecular weight excluding hydrogens is 226 g/mol. The maximum absolute atomic E-state index is 11.2. The molecule has 0 atom stereocenters. The Balaban J connectivity index is 2.53. The van der Waals surface area contributed by atoms with Gasteiger partial charge in [-0.3, -0.25) is 9.97 Å². The van der Waals surface area contributed by atoms with E-state index in [1.807, 2.05) is 0 Å². The molecule has 2 N–H and O–H groups in total. The van der Waals surface area contributed by atoms with E-state index in [9.17, 15) is 8.42 Å². The molecule has 0 fully saturated rings. The number of hydrogen-bond acceptors (Lipinski definition) is 4. The molecule has 0 saturated carbocycles. The lowest BCUT2D eigenvalue weighted by atomic mass is 10.2. The van der Waals surface area contributed by atoms with Crippen LogP contribution < -0.4 is 5.14 Å². The second kappa shape index (κ2) is 3.99. The standard InChI is InChI=1S/C10H9N3O2S/c11-16(14,15)9-3-1-2-8(6-9)10-7-12-4-5-13-10/h1-7H,(H2,11,14,15). The largest absolute Gasteiger partial charge is 0.261 e. The zero-order valence-corrected chi connectivity index (χ0v) is 9.05. The maximum atomic E-state index is 11.2. The molecule has 1 aromatic carbocycles. The summed E-state index contributed by atoms with van der Waals surface area (Å²) in [6.45, 7) is 0. The average molecular weight is 235 g/mol. The van der Waals surface area contributed by atoms with Gasteiger partial charge in [0.1, 0.15) is 0 Å². The van der Waals surface area contributed by atoms with Crippen molar-refractivity contribution in [1.29, 1.82) is 0 Å². The van der Waals surface area contributed by atoms with Crippen molar-refractivity contribution in [3.05, 3.63) is 42.9 Å². The van der Waals surface area contributed by atoms with Crippen LogP contribution in [0.1, 0.15) is 0 Å². The van der Waals surface area contributed by atoms with E-state index >= 15 is 0 Å². The van der Waals surface area contributed by atoms with E-state index in [-0.39, 0.29) is 4.90 Å². The van der Waals surface area contributed by atoms with Crippen LogP contribution in [0.25, 0.3) is 11.3 Å². The molecule has 1 heterocycles. The first-order chi connectivity index (χ1) is 7.57. The van der Waals surface area contributed by atoms with Crippen LogP contribution in [0.5, 0.6) is 0 Å². The van der Waals surface area contributed by atoms with Crippen molar-refractivity contribution in [1.82, 2.24) is 9.97 Å². The van der Waals surface area contributed by atoms with Gasteiger partial charge in [-0.05, 0) is 12.1 Å². The third kappa shape index (κ3) is 2.23. The van der Waals surface area contributed by atoms with Gasteiger partial charge in [0.15, 0.2) is 0 Å². The summed E-state index contributed by atoms with van der Waals surface area (Å²) in [5.41, 5.74) is 1.27. The summed E-state index contributed by atoms with van der Waals surface area (Å²) in [4.78, 5) is 8.05. The molecule has 6 heteroatoms. The number of benzene rings is 1. The highest BCUT2D eigenvalue weighted by Crippen LogP contribution is 2.18. The van der Waals surface area contributed by atoms with Gasteiger partial charge in [0, 0.05) is 18.0 Å². The van der Waals surface area contributed by atoms with E-state index in [1.165, 1.54) is 12.1 Å². The van der Waals surface area contributed by atoms with Gasteiger partial charge in [-0.2, -0.15) is 0 Å². The van der Waals surface area contributed by atoms with Gasteiger partial charge in [-0.1, -0.05) is 12.1 Å². The molecule has 1 aromatic heterocycles. The van der Waals surface area contributed by atoms with Crippen LogP contribution in [0.15, 0.2) is 47.8 Å². The summed E-state index contributed by atoms with van der Waals surface area (Å²) >= 11 is 0. The molecule has 0 aliphatic heterocycles. The minimum absolute atomic E-state index is 0.0654. The summed E-state index contributed by atoms with van der Waals surface area (Å²) in [5.74, 6) is 0. The SMILES string of the molecule is NS(=O)(=O)c1cccc(-c2cnccn2)c1. The third-order valence-electron chi connectivity index (χ3n) is 2.02. The molecule has 0 aliphatic rings. The van der Waals surface area contributed by atoms with Crippen molar-refractivity contribution in [3.63, 3.8) is 0 Å². The van der Waals surface area contributed by atoms with Crippen LogP contribution in [0.3, 0.4) is 0 Å². The number of hydrogen-bond donors (Lipinski definition) is 1. The Morgan fingerprint density at radius 3 is 2.62 bits per heavy atom. The van der Waals surface area contributed by atoms with Crippen molar-refractivity contribution in [2.75, 3.05) is 0 Å². The van der Waals surface area contributed by atoms with Crippen LogP contribution in [0.2, 0.25) is 0 Å². The first-order valence-electron chi connectivity index (χ1n) is 4.46. The van der Waals surface area contributed by atoms with Crippen LogP contribution in [0, 0.1) is 0 Å². The fraction of sp³-hybridized carbons (Fsp3) is 0. The van der Waals surface area contributed by atoms with Crippen molar-refractivity contribution in [3.8, 4) is 11.3 Å². The van der Waals surface area contributed by atoms with E-state index in [4.69, 9.17) is 5.14 Å². The summed E-state index contributed by atoms with van der Waals surface area (Å²) in [6, 6.07) is 6.27. The Labute approximate surface area is 93.0 Å². The molecular formula is C10H9N3O2S. The average Bonchev–Trinajstić information content (AvgIpc) is 2.29. The van der Waals surface area contributed by atoms with Crippen molar-refractivity contribution in [2.45, 2.75) is 4.90 Å². The Bertz CT molecular complexity index is 596. The molecule has 2 aromatic rings. The van der Waals surface area contributed by atoms with Gasteiger partial charge in [0.2, 0.25) is 10.0 Å². The number of aromatic nitrogens is 2. The Morgan fingerprint density at radius 2 is 2.00 bits per heavy atom. The molecule has 0 unspecified atom stereocenters. The predicted octanol–water partition coefficient (Wildman–Crippen LogP) is 0.791. The number of rotatable bonds is 2. The third-order valence-corrected chi connectivity index (χ3v) is 2.93. The minimum atomic E-state index is -3.68. The van der Waals surface area contributed by atoms with Crippen LogP contribution in [0.4, 0.5) is 0 Å². The van der Waals surface area contributed by atoms with E-state index in [1.54, 1.807) is 30.7 Å². The summed E-state index contributed by atoms with van der Waals surface area (Å²) in [5, 5.41) is 5.04. The van der Waals surface area contributed by atoms with Gasteiger partial charge >= 0.3 is 0 Å². The predicted molar refractivity (Wildman–Crippen MR) is 58.8 cm³/mol. The maximum Gasteiger partial charge on any atom is 0.238 e.